The summed E-state index contributed by atoms with van der Waals surface area (Å²) >= 11 is 0. The summed E-state index contributed by atoms with van der Waals surface area (Å²) in [6.45, 7) is 1.90. The van der Waals surface area contributed by atoms with Gasteiger partial charge in [0.15, 0.2) is 0 Å². The third kappa shape index (κ3) is 3.21. The Morgan fingerprint density at radius 3 is 2.83 bits per heavy atom. The van der Waals surface area contributed by atoms with Crippen molar-refractivity contribution in [1.29, 1.82) is 0 Å². The Morgan fingerprint density at radius 1 is 1.39 bits per heavy atom. The van der Waals surface area contributed by atoms with E-state index in [4.69, 9.17) is 0 Å². The van der Waals surface area contributed by atoms with Gasteiger partial charge in [-0.1, -0.05) is 6.07 Å². The predicted octanol–water partition coefficient (Wildman–Crippen LogP) is 2.49. The molecule has 4 heteroatoms. The van der Waals surface area contributed by atoms with Gasteiger partial charge in [-0.2, -0.15) is 0 Å². The minimum atomic E-state index is -0.397. The maximum absolute atomic E-state index is 13.7. The summed E-state index contributed by atoms with van der Waals surface area (Å²) < 4.78 is 13.7. The second-order valence-electron chi connectivity index (χ2n) is 5.11. The lowest BCUT2D eigenvalue weighted by molar-refractivity contribution is 0.109. The van der Waals surface area contributed by atoms with Crippen LogP contribution in [0.5, 0.6) is 5.75 Å². The third-order valence-electron chi connectivity index (χ3n) is 3.58. The Labute approximate surface area is 107 Å². The number of aliphatic hydroxyl groups excluding tert-OH is 1. The molecule has 0 bridgehead atoms. The molecule has 18 heavy (non-hydrogen) atoms. The van der Waals surface area contributed by atoms with Crippen molar-refractivity contribution in [2.45, 2.75) is 50.8 Å². The Bertz CT molecular complexity index is 411. The second kappa shape index (κ2) is 5.67. The molecule has 3 atom stereocenters. The molecule has 1 aliphatic carbocycles. The molecular formula is C14H20FNO2. The van der Waals surface area contributed by atoms with Crippen molar-refractivity contribution in [2.24, 2.45) is 0 Å². The Hall–Kier alpha value is -1.13. The van der Waals surface area contributed by atoms with Crippen molar-refractivity contribution in [3.05, 3.63) is 29.6 Å². The van der Waals surface area contributed by atoms with Gasteiger partial charge in [0.1, 0.15) is 11.6 Å². The first-order chi connectivity index (χ1) is 8.56. The van der Waals surface area contributed by atoms with Crippen LogP contribution < -0.4 is 5.32 Å². The fraction of sp³-hybridized carbons (Fsp3) is 0.571. The number of halogens is 1. The molecule has 1 fully saturated rings. The van der Waals surface area contributed by atoms with E-state index in [1.54, 1.807) is 6.07 Å². The summed E-state index contributed by atoms with van der Waals surface area (Å²) in [7, 11) is 0. The number of rotatable bonds is 3. The van der Waals surface area contributed by atoms with Crippen molar-refractivity contribution in [1.82, 2.24) is 5.32 Å². The van der Waals surface area contributed by atoms with Crippen LogP contribution in [-0.4, -0.2) is 22.4 Å². The highest BCUT2D eigenvalue weighted by molar-refractivity contribution is 5.29. The molecule has 2 rings (SSSR count). The van der Waals surface area contributed by atoms with E-state index in [9.17, 15) is 14.6 Å². The van der Waals surface area contributed by atoms with Gasteiger partial charge in [0.25, 0.3) is 0 Å². The van der Waals surface area contributed by atoms with Crippen molar-refractivity contribution < 1.29 is 14.6 Å². The highest BCUT2D eigenvalue weighted by Gasteiger charge is 2.22. The molecule has 0 radical (unpaired) electrons. The highest BCUT2D eigenvalue weighted by atomic mass is 19.1. The molecule has 0 spiro atoms. The quantitative estimate of drug-likeness (QED) is 0.775. The molecule has 0 amide bonds. The van der Waals surface area contributed by atoms with Crippen molar-refractivity contribution in [3.63, 3.8) is 0 Å². The lowest BCUT2D eigenvalue weighted by Crippen LogP contribution is -2.37. The lowest BCUT2D eigenvalue weighted by Gasteiger charge is -2.29. The fourth-order valence-corrected chi connectivity index (χ4v) is 2.63. The number of nitrogens with one attached hydrogen (secondary N) is 1. The van der Waals surface area contributed by atoms with Crippen LogP contribution >= 0.6 is 0 Å². The number of benzene rings is 1. The number of phenols is 1. The minimum absolute atomic E-state index is 0.0588. The fourth-order valence-electron chi connectivity index (χ4n) is 2.63. The SMILES string of the molecule is CC(NC1CCCC(O)C1)c1ccc(O)cc1F. The Kier molecular flexibility index (Phi) is 4.19. The predicted molar refractivity (Wildman–Crippen MR) is 67.9 cm³/mol. The van der Waals surface area contributed by atoms with Crippen LogP contribution in [0.3, 0.4) is 0 Å². The highest BCUT2D eigenvalue weighted by Crippen LogP contribution is 2.24. The van der Waals surface area contributed by atoms with Crippen LogP contribution in [0.1, 0.15) is 44.2 Å². The molecule has 1 aromatic rings. The number of phenolic OH excluding ortho intramolecular Hbond substituents is 1. The van der Waals surface area contributed by atoms with E-state index in [0.29, 0.717) is 5.56 Å². The van der Waals surface area contributed by atoms with E-state index >= 15 is 0 Å². The normalized spacial score (nSPS) is 25.9. The summed E-state index contributed by atoms with van der Waals surface area (Å²) in [6.07, 6.45) is 3.36. The number of aromatic hydroxyl groups is 1. The number of hydrogen-bond donors (Lipinski definition) is 3. The minimum Gasteiger partial charge on any atom is -0.508 e. The van der Waals surface area contributed by atoms with E-state index in [0.717, 1.165) is 31.7 Å². The average molecular weight is 253 g/mol. The van der Waals surface area contributed by atoms with Crippen molar-refractivity contribution >= 4 is 0 Å². The van der Waals surface area contributed by atoms with Gasteiger partial charge in [-0.3, -0.25) is 0 Å². The van der Waals surface area contributed by atoms with Crippen LogP contribution in [0.15, 0.2) is 18.2 Å². The van der Waals surface area contributed by atoms with Gasteiger partial charge < -0.3 is 15.5 Å². The topological polar surface area (TPSA) is 52.5 Å². The zero-order valence-electron chi connectivity index (χ0n) is 10.6. The summed E-state index contributed by atoms with van der Waals surface area (Å²) in [4.78, 5) is 0. The third-order valence-corrected chi connectivity index (χ3v) is 3.58. The maximum atomic E-state index is 13.7. The van der Waals surface area contributed by atoms with Crippen molar-refractivity contribution in [2.75, 3.05) is 0 Å². The van der Waals surface area contributed by atoms with Crippen molar-refractivity contribution in [3.8, 4) is 5.75 Å². The molecule has 1 saturated carbocycles. The molecule has 100 valence electrons. The van der Waals surface area contributed by atoms with Gasteiger partial charge in [-0.05, 0) is 38.7 Å². The van der Waals surface area contributed by atoms with E-state index in [1.807, 2.05) is 6.92 Å². The zero-order chi connectivity index (χ0) is 13.1. The monoisotopic (exact) mass is 253 g/mol. The summed E-state index contributed by atoms with van der Waals surface area (Å²) in [5.74, 6) is -0.456. The first-order valence-corrected chi connectivity index (χ1v) is 6.49. The second-order valence-corrected chi connectivity index (χ2v) is 5.11. The van der Waals surface area contributed by atoms with Crippen LogP contribution in [0.25, 0.3) is 0 Å². The van der Waals surface area contributed by atoms with Crippen LogP contribution in [0.2, 0.25) is 0 Å². The lowest BCUT2D eigenvalue weighted by atomic mass is 9.92. The molecule has 0 aliphatic heterocycles. The summed E-state index contributed by atoms with van der Waals surface area (Å²) in [5.41, 5.74) is 0.549. The van der Waals surface area contributed by atoms with E-state index < -0.39 is 5.82 Å². The number of hydrogen-bond acceptors (Lipinski definition) is 3. The smallest absolute Gasteiger partial charge is 0.131 e. The summed E-state index contributed by atoms with van der Waals surface area (Å²) in [6, 6.07) is 4.33. The van der Waals surface area contributed by atoms with Crippen LogP contribution in [0, 0.1) is 5.82 Å². The average Bonchev–Trinajstić information content (AvgIpc) is 2.28. The molecule has 1 aliphatic rings. The van der Waals surface area contributed by atoms with Gasteiger partial charge in [-0.15, -0.1) is 0 Å². The molecule has 0 saturated heterocycles. The number of aliphatic hydroxyl groups is 1. The zero-order valence-corrected chi connectivity index (χ0v) is 10.6. The molecular weight excluding hydrogens is 233 g/mol. The Balaban J connectivity index is 2.00. The molecule has 1 aromatic carbocycles. The van der Waals surface area contributed by atoms with E-state index in [1.165, 1.54) is 6.07 Å². The molecule has 3 nitrogen and oxygen atoms in total. The van der Waals surface area contributed by atoms with Gasteiger partial charge in [0, 0.05) is 23.7 Å². The summed E-state index contributed by atoms with van der Waals surface area (Å²) in [5, 5.41) is 22.1. The van der Waals surface area contributed by atoms with Gasteiger partial charge in [0.05, 0.1) is 6.10 Å². The van der Waals surface area contributed by atoms with Gasteiger partial charge in [0.2, 0.25) is 0 Å². The van der Waals surface area contributed by atoms with Gasteiger partial charge in [-0.25, -0.2) is 4.39 Å². The van der Waals surface area contributed by atoms with E-state index in [-0.39, 0.29) is 23.9 Å². The van der Waals surface area contributed by atoms with E-state index in [2.05, 4.69) is 5.32 Å². The molecule has 0 aromatic heterocycles. The molecule has 3 N–H and O–H groups in total. The van der Waals surface area contributed by atoms with Crippen LogP contribution in [0.4, 0.5) is 4.39 Å². The standard InChI is InChI=1S/C14H20FNO2/c1-9(13-6-5-12(18)8-14(13)15)16-10-3-2-4-11(17)7-10/h5-6,8-11,16-18H,2-4,7H2,1H3. The Morgan fingerprint density at radius 2 is 2.17 bits per heavy atom. The largest absolute Gasteiger partial charge is 0.508 e. The first kappa shape index (κ1) is 13.3. The van der Waals surface area contributed by atoms with Gasteiger partial charge >= 0.3 is 0 Å². The maximum Gasteiger partial charge on any atom is 0.131 e. The van der Waals surface area contributed by atoms with Crippen LogP contribution in [-0.2, 0) is 0 Å². The molecule has 0 heterocycles. The first-order valence-electron chi connectivity index (χ1n) is 6.49. The molecule has 3 unspecified atom stereocenters.